The zero-order valence-electron chi connectivity index (χ0n) is 11.4. The second kappa shape index (κ2) is 6.50. The summed E-state index contributed by atoms with van der Waals surface area (Å²) in [5.74, 6) is 0.409. The number of hydrogen-bond donors (Lipinski definition) is 1. The Balaban J connectivity index is 2.36. The van der Waals surface area contributed by atoms with Gasteiger partial charge >= 0.3 is 5.69 Å². The lowest BCUT2D eigenvalue weighted by molar-refractivity contribution is -0.385. The molecule has 21 heavy (non-hydrogen) atoms. The minimum absolute atomic E-state index is 0.111. The number of nitrogens with one attached hydrogen (secondary N) is 1. The molecule has 0 aliphatic heterocycles. The number of nitriles is 1. The Bertz CT molecular complexity index is 708. The molecule has 6 nitrogen and oxygen atoms in total. The normalized spacial score (nSPS) is 9.90. The van der Waals surface area contributed by atoms with Crippen molar-refractivity contribution in [3.63, 3.8) is 0 Å². The third-order valence-corrected chi connectivity index (χ3v) is 2.83. The SMILES string of the molecule is CNCc1ccc(Oc2ccccc2[N+](=O)[O-])c(C#N)c1. The van der Waals surface area contributed by atoms with E-state index in [0.29, 0.717) is 17.9 Å². The predicted molar refractivity (Wildman–Crippen MR) is 77.1 cm³/mol. The van der Waals surface area contributed by atoms with Crippen LogP contribution in [0.5, 0.6) is 11.5 Å². The molecule has 0 aliphatic carbocycles. The van der Waals surface area contributed by atoms with E-state index in [1.165, 1.54) is 12.1 Å². The van der Waals surface area contributed by atoms with E-state index in [-0.39, 0.29) is 11.4 Å². The van der Waals surface area contributed by atoms with Gasteiger partial charge in [0.1, 0.15) is 11.8 Å². The second-order valence-corrected chi connectivity index (χ2v) is 4.30. The quantitative estimate of drug-likeness (QED) is 0.673. The Morgan fingerprint density at radius 3 is 2.71 bits per heavy atom. The van der Waals surface area contributed by atoms with Crippen molar-refractivity contribution >= 4 is 5.69 Å². The predicted octanol–water partition coefficient (Wildman–Crippen LogP) is 2.98. The minimum atomic E-state index is -0.517. The summed E-state index contributed by atoms with van der Waals surface area (Å²) in [6.45, 7) is 0.625. The van der Waals surface area contributed by atoms with E-state index in [1.54, 1.807) is 30.3 Å². The van der Waals surface area contributed by atoms with Crippen LogP contribution in [-0.4, -0.2) is 12.0 Å². The molecule has 0 amide bonds. The Morgan fingerprint density at radius 2 is 2.05 bits per heavy atom. The molecule has 0 unspecified atom stereocenters. The number of rotatable bonds is 5. The lowest BCUT2D eigenvalue weighted by Crippen LogP contribution is -2.05. The monoisotopic (exact) mass is 283 g/mol. The summed E-state index contributed by atoms with van der Waals surface area (Å²) < 4.78 is 5.54. The molecule has 2 aromatic rings. The highest BCUT2D eigenvalue weighted by molar-refractivity contribution is 5.52. The average Bonchev–Trinajstić information content (AvgIpc) is 2.49. The summed E-state index contributed by atoms with van der Waals surface area (Å²) in [5.41, 5.74) is 1.13. The van der Waals surface area contributed by atoms with Crippen molar-refractivity contribution in [2.24, 2.45) is 0 Å². The van der Waals surface area contributed by atoms with Gasteiger partial charge in [-0.2, -0.15) is 5.26 Å². The first-order valence-corrected chi connectivity index (χ1v) is 6.24. The fourth-order valence-corrected chi connectivity index (χ4v) is 1.88. The highest BCUT2D eigenvalue weighted by atomic mass is 16.6. The van der Waals surface area contributed by atoms with Crippen LogP contribution in [0.3, 0.4) is 0 Å². The first-order chi connectivity index (χ1) is 10.2. The topological polar surface area (TPSA) is 88.2 Å². The van der Waals surface area contributed by atoms with Crippen LogP contribution in [0.2, 0.25) is 0 Å². The van der Waals surface area contributed by atoms with Gasteiger partial charge in [-0.3, -0.25) is 10.1 Å². The van der Waals surface area contributed by atoms with Crippen molar-refractivity contribution in [1.82, 2.24) is 5.32 Å². The summed E-state index contributed by atoms with van der Waals surface area (Å²) in [7, 11) is 1.81. The molecule has 0 spiro atoms. The van der Waals surface area contributed by atoms with Crippen LogP contribution >= 0.6 is 0 Å². The summed E-state index contributed by atoms with van der Waals surface area (Å²) in [6.07, 6.45) is 0. The van der Waals surface area contributed by atoms with Gasteiger partial charge in [0.2, 0.25) is 5.75 Å². The maximum Gasteiger partial charge on any atom is 0.311 e. The molecule has 0 atom stereocenters. The van der Waals surface area contributed by atoms with Gasteiger partial charge in [0, 0.05) is 12.6 Å². The molecule has 0 radical (unpaired) electrons. The van der Waals surface area contributed by atoms with Crippen LogP contribution in [0, 0.1) is 21.4 Å². The van der Waals surface area contributed by atoms with Gasteiger partial charge in [-0.1, -0.05) is 18.2 Å². The largest absolute Gasteiger partial charge is 0.449 e. The van der Waals surface area contributed by atoms with E-state index in [9.17, 15) is 15.4 Å². The zero-order valence-corrected chi connectivity index (χ0v) is 11.4. The molecule has 0 saturated carbocycles. The van der Waals surface area contributed by atoms with E-state index in [0.717, 1.165) is 5.56 Å². The third-order valence-electron chi connectivity index (χ3n) is 2.83. The van der Waals surface area contributed by atoms with Crippen LogP contribution in [-0.2, 0) is 6.54 Å². The van der Waals surface area contributed by atoms with E-state index < -0.39 is 4.92 Å². The maximum absolute atomic E-state index is 11.0. The smallest absolute Gasteiger partial charge is 0.311 e. The number of benzene rings is 2. The van der Waals surface area contributed by atoms with Crippen LogP contribution in [0.25, 0.3) is 0 Å². The van der Waals surface area contributed by atoms with Crippen LogP contribution < -0.4 is 10.1 Å². The Hall–Kier alpha value is -2.91. The maximum atomic E-state index is 11.0. The number of ether oxygens (including phenoxy) is 1. The molecule has 2 aromatic carbocycles. The summed E-state index contributed by atoms with van der Waals surface area (Å²) in [6, 6.07) is 13.2. The Labute approximate surface area is 121 Å². The molecule has 0 saturated heterocycles. The van der Waals surface area contributed by atoms with Gasteiger partial charge in [-0.15, -0.1) is 0 Å². The highest BCUT2D eigenvalue weighted by Crippen LogP contribution is 2.32. The Kier molecular flexibility index (Phi) is 4.49. The average molecular weight is 283 g/mol. The van der Waals surface area contributed by atoms with Gasteiger partial charge < -0.3 is 10.1 Å². The van der Waals surface area contributed by atoms with Gasteiger partial charge in [0.25, 0.3) is 0 Å². The van der Waals surface area contributed by atoms with Crippen molar-refractivity contribution in [3.05, 3.63) is 63.7 Å². The summed E-state index contributed by atoms with van der Waals surface area (Å²) in [4.78, 5) is 10.4. The summed E-state index contributed by atoms with van der Waals surface area (Å²) >= 11 is 0. The molecular formula is C15H13N3O3. The highest BCUT2D eigenvalue weighted by Gasteiger charge is 2.16. The molecule has 0 bridgehead atoms. The zero-order chi connectivity index (χ0) is 15.2. The standard InChI is InChI=1S/C15H13N3O3/c1-17-10-11-6-7-14(12(8-11)9-16)21-15-5-3-2-4-13(15)18(19)20/h2-8,17H,10H2,1H3. The van der Waals surface area contributed by atoms with Gasteiger partial charge in [-0.25, -0.2) is 0 Å². The van der Waals surface area contributed by atoms with Crippen molar-refractivity contribution in [3.8, 4) is 17.6 Å². The van der Waals surface area contributed by atoms with Gasteiger partial charge in [0.05, 0.1) is 10.5 Å². The minimum Gasteiger partial charge on any atom is -0.449 e. The molecule has 106 valence electrons. The first kappa shape index (κ1) is 14.5. The summed E-state index contributed by atoms with van der Waals surface area (Å²) in [5, 5.41) is 23.1. The number of nitro groups is 1. The lowest BCUT2D eigenvalue weighted by atomic mass is 10.1. The molecule has 0 heterocycles. The van der Waals surface area contributed by atoms with Crippen molar-refractivity contribution < 1.29 is 9.66 Å². The third kappa shape index (κ3) is 3.35. The van der Waals surface area contributed by atoms with E-state index in [4.69, 9.17) is 4.74 Å². The van der Waals surface area contributed by atoms with Crippen molar-refractivity contribution in [2.75, 3.05) is 7.05 Å². The molecule has 0 fully saturated rings. The van der Waals surface area contributed by atoms with Crippen molar-refractivity contribution in [2.45, 2.75) is 6.54 Å². The van der Waals surface area contributed by atoms with Gasteiger partial charge in [-0.05, 0) is 30.8 Å². The molecule has 1 N–H and O–H groups in total. The van der Waals surface area contributed by atoms with Gasteiger partial charge in [0.15, 0.2) is 0 Å². The van der Waals surface area contributed by atoms with Crippen LogP contribution in [0.4, 0.5) is 5.69 Å². The van der Waals surface area contributed by atoms with E-state index in [2.05, 4.69) is 5.32 Å². The number of nitrogens with zero attached hydrogens (tertiary/aromatic N) is 2. The fraction of sp³-hybridized carbons (Fsp3) is 0.133. The molecule has 6 heteroatoms. The lowest BCUT2D eigenvalue weighted by Gasteiger charge is -2.09. The number of para-hydroxylation sites is 2. The molecular weight excluding hydrogens is 270 g/mol. The fourth-order valence-electron chi connectivity index (χ4n) is 1.88. The van der Waals surface area contributed by atoms with Crippen LogP contribution in [0.15, 0.2) is 42.5 Å². The first-order valence-electron chi connectivity index (χ1n) is 6.24. The number of nitro benzene ring substituents is 1. The molecule has 2 rings (SSSR count). The van der Waals surface area contributed by atoms with Crippen molar-refractivity contribution in [1.29, 1.82) is 5.26 Å². The Morgan fingerprint density at radius 1 is 1.29 bits per heavy atom. The van der Waals surface area contributed by atoms with E-state index >= 15 is 0 Å². The number of hydrogen-bond acceptors (Lipinski definition) is 5. The van der Waals surface area contributed by atoms with Crippen LogP contribution in [0.1, 0.15) is 11.1 Å². The molecule has 0 aromatic heterocycles. The van der Waals surface area contributed by atoms with E-state index in [1.807, 2.05) is 13.1 Å². The second-order valence-electron chi connectivity index (χ2n) is 4.30. The molecule has 0 aliphatic rings.